The summed E-state index contributed by atoms with van der Waals surface area (Å²) in [6.45, 7) is 3.78. The van der Waals surface area contributed by atoms with E-state index >= 15 is 0 Å². The van der Waals surface area contributed by atoms with Gasteiger partial charge in [-0.15, -0.1) is 0 Å². The molecule has 0 saturated heterocycles. The van der Waals surface area contributed by atoms with Crippen molar-refractivity contribution in [3.63, 3.8) is 0 Å². The highest BCUT2D eigenvalue weighted by atomic mass is 16.5. The molecule has 0 aromatic rings. The van der Waals surface area contributed by atoms with Crippen molar-refractivity contribution in [2.24, 2.45) is 11.7 Å². The first kappa shape index (κ1) is 9.01. The van der Waals surface area contributed by atoms with Crippen LogP contribution in [0.3, 0.4) is 0 Å². The lowest BCUT2D eigenvalue weighted by atomic mass is 9.87. The lowest BCUT2D eigenvalue weighted by Gasteiger charge is -2.27. The number of nitrogens with two attached hydrogens (primary N) is 1. The highest BCUT2D eigenvalue weighted by Crippen LogP contribution is 2.24. The largest absolute Gasteiger partial charge is 0.379 e. The van der Waals surface area contributed by atoms with Crippen LogP contribution in [0.5, 0.6) is 0 Å². The van der Waals surface area contributed by atoms with E-state index in [1.54, 1.807) is 0 Å². The van der Waals surface area contributed by atoms with E-state index in [1.807, 2.05) is 0 Å². The molecule has 0 amide bonds. The zero-order valence-corrected chi connectivity index (χ0v) is 7.38. The van der Waals surface area contributed by atoms with Gasteiger partial charge in [0, 0.05) is 6.61 Å². The van der Waals surface area contributed by atoms with E-state index in [-0.39, 0.29) is 0 Å². The Bertz CT molecular complexity index is 97.7. The van der Waals surface area contributed by atoms with Crippen LogP contribution in [0.4, 0.5) is 0 Å². The van der Waals surface area contributed by atoms with Crippen molar-refractivity contribution in [3.05, 3.63) is 0 Å². The molecule has 0 aliphatic heterocycles. The van der Waals surface area contributed by atoms with Gasteiger partial charge in [0.2, 0.25) is 0 Å². The molecule has 2 nitrogen and oxygen atoms in total. The van der Waals surface area contributed by atoms with Gasteiger partial charge in [-0.1, -0.05) is 0 Å². The molecule has 0 spiro atoms. The second-order valence-corrected chi connectivity index (χ2v) is 3.33. The van der Waals surface area contributed by atoms with Gasteiger partial charge in [0.05, 0.1) is 6.10 Å². The molecule has 1 aliphatic rings. The summed E-state index contributed by atoms with van der Waals surface area (Å²) in [5.74, 6) is 0.770. The average Bonchev–Trinajstić information content (AvgIpc) is 2.07. The van der Waals surface area contributed by atoms with E-state index in [1.165, 1.54) is 25.7 Å². The normalized spacial score (nSPS) is 32.2. The predicted molar refractivity (Wildman–Crippen MR) is 46.4 cm³/mol. The summed E-state index contributed by atoms with van der Waals surface area (Å²) in [6, 6.07) is 0. The van der Waals surface area contributed by atoms with Crippen LogP contribution in [0.2, 0.25) is 0 Å². The van der Waals surface area contributed by atoms with Gasteiger partial charge in [-0.3, -0.25) is 0 Å². The molecular weight excluding hydrogens is 138 g/mol. The fourth-order valence-corrected chi connectivity index (χ4v) is 1.77. The first-order chi connectivity index (χ1) is 5.36. The van der Waals surface area contributed by atoms with Gasteiger partial charge in [0.25, 0.3) is 0 Å². The van der Waals surface area contributed by atoms with E-state index in [2.05, 4.69) is 6.92 Å². The Hall–Kier alpha value is -0.0800. The minimum atomic E-state index is 0.530. The molecule has 0 aromatic heterocycles. The molecule has 0 atom stereocenters. The minimum Gasteiger partial charge on any atom is -0.379 e. The molecule has 0 unspecified atom stereocenters. The van der Waals surface area contributed by atoms with Crippen LogP contribution in [-0.4, -0.2) is 19.3 Å². The van der Waals surface area contributed by atoms with Crippen molar-refractivity contribution in [1.29, 1.82) is 0 Å². The van der Waals surface area contributed by atoms with E-state index in [4.69, 9.17) is 10.5 Å². The van der Waals surface area contributed by atoms with Gasteiger partial charge in [-0.05, 0) is 45.1 Å². The molecule has 11 heavy (non-hydrogen) atoms. The molecule has 1 rings (SSSR count). The maximum atomic E-state index is 5.58. The van der Waals surface area contributed by atoms with Crippen molar-refractivity contribution >= 4 is 0 Å². The monoisotopic (exact) mass is 157 g/mol. The zero-order chi connectivity index (χ0) is 8.10. The summed E-state index contributed by atoms with van der Waals surface area (Å²) >= 11 is 0. The number of rotatable bonds is 3. The van der Waals surface area contributed by atoms with Crippen LogP contribution in [0, 0.1) is 5.92 Å². The maximum Gasteiger partial charge on any atom is 0.0575 e. The van der Waals surface area contributed by atoms with Gasteiger partial charge in [-0.2, -0.15) is 0 Å². The maximum absolute atomic E-state index is 5.58. The van der Waals surface area contributed by atoms with Crippen LogP contribution in [0.25, 0.3) is 0 Å². The summed E-state index contributed by atoms with van der Waals surface area (Å²) in [6.07, 6.45) is 5.50. The van der Waals surface area contributed by atoms with Crippen LogP contribution in [0.15, 0.2) is 0 Å². The highest BCUT2D eigenvalue weighted by molar-refractivity contribution is 4.72. The molecule has 0 heterocycles. The van der Waals surface area contributed by atoms with Crippen molar-refractivity contribution in [1.82, 2.24) is 0 Å². The summed E-state index contributed by atoms with van der Waals surface area (Å²) in [7, 11) is 0. The number of ether oxygens (including phenoxy) is 1. The van der Waals surface area contributed by atoms with Gasteiger partial charge >= 0.3 is 0 Å². The van der Waals surface area contributed by atoms with E-state index in [0.29, 0.717) is 6.10 Å². The summed E-state index contributed by atoms with van der Waals surface area (Å²) in [5, 5.41) is 0. The zero-order valence-electron chi connectivity index (χ0n) is 7.38. The lowest BCUT2D eigenvalue weighted by molar-refractivity contribution is 0.0267. The summed E-state index contributed by atoms with van der Waals surface area (Å²) in [5.41, 5.74) is 5.58. The van der Waals surface area contributed by atoms with Crippen LogP contribution >= 0.6 is 0 Å². The van der Waals surface area contributed by atoms with Crippen LogP contribution in [0.1, 0.15) is 32.6 Å². The summed E-state index contributed by atoms with van der Waals surface area (Å²) < 4.78 is 5.53. The molecule has 1 saturated carbocycles. The summed E-state index contributed by atoms with van der Waals surface area (Å²) in [4.78, 5) is 0. The van der Waals surface area contributed by atoms with Gasteiger partial charge in [-0.25, -0.2) is 0 Å². The molecule has 2 heteroatoms. The van der Waals surface area contributed by atoms with E-state index < -0.39 is 0 Å². The Labute approximate surface area is 69.1 Å². The number of hydrogen-bond donors (Lipinski definition) is 1. The Morgan fingerprint density at radius 1 is 1.27 bits per heavy atom. The molecule has 1 aliphatic carbocycles. The Kier molecular flexibility index (Phi) is 3.87. The molecule has 0 bridgehead atoms. The predicted octanol–water partition coefficient (Wildman–Crippen LogP) is 1.54. The molecule has 2 N–H and O–H groups in total. The fourth-order valence-electron chi connectivity index (χ4n) is 1.77. The smallest absolute Gasteiger partial charge is 0.0575 e. The van der Waals surface area contributed by atoms with Gasteiger partial charge in [0.15, 0.2) is 0 Å². The van der Waals surface area contributed by atoms with Crippen molar-refractivity contribution < 1.29 is 4.74 Å². The van der Waals surface area contributed by atoms with Gasteiger partial charge < -0.3 is 10.5 Å². The molecule has 0 radical (unpaired) electrons. The number of hydrogen-bond acceptors (Lipinski definition) is 2. The van der Waals surface area contributed by atoms with Gasteiger partial charge in [0.1, 0.15) is 0 Å². The Balaban J connectivity index is 2.14. The second-order valence-electron chi connectivity index (χ2n) is 3.33. The standard InChI is InChI=1S/C9H19NO/c1-2-11-9-5-3-8(7-10)4-6-9/h8-9H,2-7,10H2,1H3. The third-order valence-corrected chi connectivity index (χ3v) is 2.53. The fraction of sp³-hybridized carbons (Fsp3) is 1.00. The van der Waals surface area contributed by atoms with Crippen molar-refractivity contribution in [3.8, 4) is 0 Å². The molecule has 1 fully saturated rings. The van der Waals surface area contributed by atoms with E-state index in [9.17, 15) is 0 Å². The topological polar surface area (TPSA) is 35.2 Å². The third-order valence-electron chi connectivity index (χ3n) is 2.53. The van der Waals surface area contributed by atoms with Crippen molar-refractivity contribution in [2.45, 2.75) is 38.7 Å². The highest BCUT2D eigenvalue weighted by Gasteiger charge is 2.19. The first-order valence-electron chi connectivity index (χ1n) is 4.68. The molecule has 66 valence electrons. The Morgan fingerprint density at radius 3 is 2.36 bits per heavy atom. The average molecular weight is 157 g/mol. The Morgan fingerprint density at radius 2 is 1.91 bits per heavy atom. The third kappa shape index (κ3) is 2.80. The SMILES string of the molecule is CCOC1CCC(CN)CC1. The van der Waals surface area contributed by atoms with Crippen LogP contribution < -0.4 is 5.73 Å². The van der Waals surface area contributed by atoms with Crippen molar-refractivity contribution in [2.75, 3.05) is 13.2 Å². The first-order valence-corrected chi connectivity index (χ1v) is 4.68. The van der Waals surface area contributed by atoms with E-state index in [0.717, 1.165) is 19.1 Å². The lowest BCUT2D eigenvalue weighted by Crippen LogP contribution is -2.25. The minimum absolute atomic E-state index is 0.530. The molecular formula is C9H19NO. The second kappa shape index (κ2) is 4.73. The molecule has 0 aromatic carbocycles. The van der Waals surface area contributed by atoms with Crippen LogP contribution in [-0.2, 0) is 4.74 Å². The quantitative estimate of drug-likeness (QED) is 0.674.